The Hall–Kier alpha value is -2.56. The van der Waals surface area contributed by atoms with E-state index in [2.05, 4.69) is 17.2 Å². The molecule has 1 heterocycles. The molecule has 0 aliphatic heterocycles. The summed E-state index contributed by atoms with van der Waals surface area (Å²) < 4.78 is 5.96. The van der Waals surface area contributed by atoms with Gasteiger partial charge in [-0.1, -0.05) is 0 Å². The van der Waals surface area contributed by atoms with Crippen LogP contribution in [0.3, 0.4) is 0 Å². The molecule has 1 amide bonds. The Labute approximate surface area is 162 Å². The molecule has 0 saturated carbocycles. The van der Waals surface area contributed by atoms with E-state index in [-0.39, 0.29) is 24.0 Å². The molecule has 0 unspecified atom stereocenters. The van der Waals surface area contributed by atoms with Gasteiger partial charge in [-0.15, -0.1) is 0 Å². The molecule has 1 aromatic carbocycles. The number of benzene rings is 1. The first-order valence-corrected chi connectivity index (χ1v) is 9.51. The summed E-state index contributed by atoms with van der Waals surface area (Å²) in [5.74, 6) is 0.755. The van der Waals surface area contributed by atoms with E-state index in [9.17, 15) is 4.79 Å². The van der Waals surface area contributed by atoms with Crippen molar-refractivity contribution in [3.05, 3.63) is 53.9 Å². The second-order valence-electron chi connectivity index (χ2n) is 7.53. The number of carbonyl (C=O) groups is 1. The van der Waals surface area contributed by atoms with Crippen molar-refractivity contribution in [2.24, 2.45) is 0 Å². The molecule has 5 heteroatoms. The van der Waals surface area contributed by atoms with Gasteiger partial charge in [-0.05, 0) is 77.4 Å². The Kier molecular flexibility index (Phi) is 7.22. The van der Waals surface area contributed by atoms with Crippen molar-refractivity contribution < 1.29 is 9.53 Å². The molecular weight excluding hydrogens is 338 g/mol. The fourth-order valence-corrected chi connectivity index (χ4v) is 3.16. The summed E-state index contributed by atoms with van der Waals surface area (Å²) in [4.78, 5) is 18.9. The van der Waals surface area contributed by atoms with Crippen LogP contribution >= 0.6 is 0 Å². The Morgan fingerprint density at radius 2 is 1.70 bits per heavy atom. The number of carbonyl (C=O) groups excluding carboxylic acids is 1. The van der Waals surface area contributed by atoms with Crippen LogP contribution in [0.5, 0.6) is 5.75 Å². The summed E-state index contributed by atoms with van der Waals surface area (Å²) in [6.45, 7) is 12.7. The molecule has 27 heavy (non-hydrogen) atoms. The molecule has 0 saturated heterocycles. The molecule has 0 fully saturated rings. The highest BCUT2D eigenvalue weighted by Crippen LogP contribution is 2.21. The van der Waals surface area contributed by atoms with Crippen LogP contribution in [0.15, 0.2) is 42.7 Å². The zero-order valence-corrected chi connectivity index (χ0v) is 17.2. The van der Waals surface area contributed by atoms with E-state index >= 15 is 0 Å². The molecule has 1 N–H and O–H groups in total. The average molecular weight is 370 g/mol. The van der Waals surface area contributed by atoms with Crippen molar-refractivity contribution in [3.63, 3.8) is 0 Å². The predicted molar refractivity (Wildman–Crippen MR) is 110 cm³/mol. The van der Waals surface area contributed by atoms with Gasteiger partial charge in [-0.25, -0.2) is 0 Å². The van der Waals surface area contributed by atoms with E-state index in [1.807, 2.05) is 69.9 Å². The fourth-order valence-electron chi connectivity index (χ4n) is 3.16. The number of pyridine rings is 1. The molecule has 0 aliphatic rings. The van der Waals surface area contributed by atoms with Crippen LogP contribution in [0.2, 0.25) is 0 Å². The maximum atomic E-state index is 13.0. The summed E-state index contributed by atoms with van der Waals surface area (Å²) in [5.41, 5.74) is 2.69. The first-order valence-electron chi connectivity index (χ1n) is 9.51. The number of aryl methyl sites for hydroxylation is 1. The molecule has 5 nitrogen and oxygen atoms in total. The number of ether oxygens (including phenoxy) is 1. The van der Waals surface area contributed by atoms with Gasteiger partial charge in [0.25, 0.3) is 5.91 Å². The topological polar surface area (TPSA) is 54.5 Å². The maximum Gasteiger partial charge on any atom is 0.254 e. The molecule has 1 atom stereocenters. The zero-order chi connectivity index (χ0) is 20.0. The Morgan fingerprint density at radius 3 is 2.30 bits per heavy atom. The zero-order valence-electron chi connectivity index (χ0n) is 17.2. The van der Waals surface area contributed by atoms with E-state index < -0.39 is 0 Å². The lowest BCUT2D eigenvalue weighted by molar-refractivity contribution is 0.0643. The third kappa shape index (κ3) is 5.98. The van der Waals surface area contributed by atoms with Gasteiger partial charge in [0.1, 0.15) is 12.4 Å². The maximum absolute atomic E-state index is 13.0. The van der Waals surface area contributed by atoms with Crippen LogP contribution in [0.1, 0.15) is 50.5 Å². The van der Waals surface area contributed by atoms with Crippen LogP contribution in [-0.4, -0.2) is 40.5 Å². The van der Waals surface area contributed by atoms with Crippen molar-refractivity contribution in [2.75, 3.05) is 11.9 Å². The number of nitrogens with zero attached hydrogens (tertiary/aromatic N) is 2. The molecule has 0 radical (unpaired) electrons. The molecule has 0 aliphatic carbocycles. The number of hydrogen-bond donors (Lipinski definition) is 1. The van der Waals surface area contributed by atoms with Crippen LogP contribution in [0.25, 0.3) is 0 Å². The normalized spacial score (nSPS) is 12.1. The first kappa shape index (κ1) is 20.7. The van der Waals surface area contributed by atoms with E-state index in [0.717, 1.165) is 11.3 Å². The lowest BCUT2D eigenvalue weighted by atomic mass is 10.1. The number of hydrogen-bond acceptors (Lipinski definition) is 4. The lowest BCUT2D eigenvalue weighted by Gasteiger charge is -2.31. The molecule has 0 spiro atoms. The third-order valence-corrected chi connectivity index (χ3v) is 4.24. The van der Waals surface area contributed by atoms with Crippen molar-refractivity contribution in [1.82, 2.24) is 9.88 Å². The van der Waals surface area contributed by atoms with Gasteiger partial charge in [-0.3, -0.25) is 9.78 Å². The molecule has 0 bridgehead atoms. The smallest absolute Gasteiger partial charge is 0.254 e. The minimum absolute atomic E-state index is 0.0384. The van der Waals surface area contributed by atoms with Crippen LogP contribution in [-0.2, 0) is 0 Å². The number of amides is 1. The number of rotatable bonds is 8. The quantitative estimate of drug-likeness (QED) is 0.743. The SMILES string of the molecule is Cc1cc(OC[C@H](C)Nc2ccncc2)cc(C(=O)N(C(C)C)C(C)C)c1. The fraction of sp³-hybridized carbons (Fsp3) is 0.455. The van der Waals surface area contributed by atoms with Gasteiger partial charge >= 0.3 is 0 Å². The van der Waals surface area contributed by atoms with Gasteiger partial charge in [0.05, 0.1) is 6.04 Å². The Bertz CT molecular complexity index is 736. The summed E-state index contributed by atoms with van der Waals surface area (Å²) in [6.07, 6.45) is 3.51. The largest absolute Gasteiger partial charge is 0.491 e. The lowest BCUT2D eigenvalue weighted by Crippen LogP contribution is -2.42. The van der Waals surface area contributed by atoms with E-state index in [1.54, 1.807) is 12.4 Å². The van der Waals surface area contributed by atoms with Crippen molar-refractivity contribution in [2.45, 2.75) is 59.7 Å². The van der Waals surface area contributed by atoms with Gasteiger partial charge in [-0.2, -0.15) is 0 Å². The molecule has 2 aromatic rings. The van der Waals surface area contributed by atoms with Gasteiger partial charge < -0.3 is 15.0 Å². The highest BCUT2D eigenvalue weighted by molar-refractivity contribution is 5.95. The summed E-state index contributed by atoms with van der Waals surface area (Å²) in [7, 11) is 0. The number of nitrogens with one attached hydrogen (secondary N) is 1. The Morgan fingerprint density at radius 1 is 1.07 bits per heavy atom. The van der Waals surface area contributed by atoms with Gasteiger partial charge in [0.15, 0.2) is 0 Å². The van der Waals surface area contributed by atoms with Crippen LogP contribution < -0.4 is 10.1 Å². The highest BCUT2D eigenvalue weighted by atomic mass is 16.5. The van der Waals surface area contributed by atoms with E-state index in [0.29, 0.717) is 17.9 Å². The standard InChI is InChI=1S/C22H31N3O2/c1-15(2)25(16(3)4)22(26)19-11-17(5)12-21(13-19)27-14-18(6)24-20-7-9-23-10-8-20/h7-13,15-16,18H,14H2,1-6H3,(H,23,24)/t18-/m0/s1. The first-order chi connectivity index (χ1) is 12.8. The van der Waals surface area contributed by atoms with Crippen molar-refractivity contribution in [1.29, 1.82) is 0 Å². The summed E-state index contributed by atoms with van der Waals surface area (Å²) >= 11 is 0. The average Bonchev–Trinajstić information content (AvgIpc) is 2.59. The third-order valence-electron chi connectivity index (χ3n) is 4.24. The summed E-state index contributed by atoms with van der Waals surface area (Å²) in [6, 6.07) is 9.98. The summed E-state index contributed by atoms with van der Waals surface area (Å²) in [5, 5.41) is 3.37. The number of aromatic nitrogens is 1. The molecular formula is C22H31N3O2. The monoisotopic (exact) mass is 369 g/mol. The van der Waals surface area contributed by atoms with E-state index in [1.165, 1.54) is 0 Å². The van der Waals surface area contributed by atoms with Gasteiger partial charge in [0.2, 0.25) is 0 Å². The number of anilines is 1. The van der Waals surface area contributed by atoms with E-state index in [4.69, 9.17) is 4.74 Å². The van der Waals surface area contributed by atoms with Crippen LogP contribution in [0, 0.1) is 6.92 Å². The molecule has 2 rings (SSSR count). The predicted octanol–water partition coefficient (Wildman–Crippen LogP) is 4.53. The second kappa shape index (κ2) is 9.40. The second-order valence-corrected chi connectivity index (χ2v) is 7.53. The molecule has 146 valence electrons. The highest BCUT2D eigenvalue weighted by Gasteiger charge is 2.22. The van der Waals surface area contributed by atoms with Gasteiger partial charge in [0, 0.05) is 35.7 Å². The minimum atomic E-state index is 0.0384. The van der Waals surface area contributed by atoms with Crippen LogP contribution in [0.4, 0.5) is 5.69 Å². The minimum Gasteiger partial charge on any atom is -0.491 e. The van der Waals surface area contributed by atoms with Crippen molar-refractivity contribution >= 4 is 11.6 Å². The Balaban J connectivity index is 2.07. The molecule has 1 aromatic heterocycles. The van der Waals surface area contributed by atoms with Crippen molar-refractivity contribution in [3.8, 4) is 5.75 Å².